The van der Waals surface area contributed by atoms with Crippen molar-refractivity contribution in [3.8, 4) is 0 Å². The van der Waals surface area contributed by atoms with Gasteiger partial charge in [0.1, 0.15) is 0 Å². The molecule has 0 saturated heterocycles. The first-order valence-corrected chi connectivity index (χ1v) is 8.02. The largest absolute Gasteiger partial charge is 0.310 e. The van der Waals surface area contributed by atoms with Crippen molar-refractivity contribution in [3.63, 3.8) is 0 Å². The Hall–Kier alpha value is -1.12. The van der Waals surface area contributed by atoms with E-state index in [1.54, 1.807) is 11.3 Å². The molecular formula is C17H23NS. The lowest BCUT2D eigenvalue weighted by Gasteiger charge is -2.18. The minimum Gasteiger partial charge on any atom is -0.310 e. The minimum atomic E-state index is 0.434. The molecule has 0 amide bonds. The summed E-state index contributed by atoms with van der Waals surface area (Å²) in [7, 11) is 0. The summed E-state index contributed by atoms with van der Waals surface area (Å²) in [5.74, 6) is 0. The van der Waals surface area contributed by atoms with Crippen LogP contribution in [-0.4, -0.2) is 6.54 Å². The molecule has 102 valence electrons. The second-order valence-corrected chi connectivity index (χ2v) is 5.74. The molecule has 1 atom stereocenters. The second-order valence-electron chi connectivity index (χ2n) is 4.99. The predicted molar refractivity (Wildman–Crippen MR) is 85.0 cm³/mol. The summed E-state index contributed by atoms with van der Waals surface area (Å²) in [6.07, 6.45) is 2.18. The maximum absolute atomic E-state index is 3.61. The summed E-state index contributed by atoms with van der Waals surface area (Å²) in [5, 5.41) is 8.13. The van der Waals surface area contributed by atoms with E-state index in [4.69, 9.17) is 0 Å². The Labute approximate surface area is 120 Å². The fourth-order valence-electron chi connectivity index (χ4n) is 2.41. The number of thiophene rings is 1. The molecule has 19 heavy (non-hydrogen) atoms. The second kappa shape index (κ2) is 6.88. The zero-order valence-corrected chi connectivity index (χ0v) is 12.9. The Morgan fingerprint density at radius 3 is 2.26 bits per heavy atom. The van der Waals surface area contributed by atoms with Crippen molar-refractivity contribution in [2.75, 3.05) is 6.54 Å². The average molecular weight is 273 g/mol. The third-order valence-corrected chi connectivity index (χ3v) is 4.47. The van der Waals surface area contributed by atoms with Crippen LogP contribution in [0.15, 0.2) is 35.0 Å². The molecule has 2 rings (SSSR count). The molecule has 0 aliphatic carbocycles. The van der Waals surface area contributed by atoms with E-state index in [9.17, 15) is 0 Å². The van der Waals surface area contributed by atoms with Crippen molar-refractivity contribution < 1.29 is 0 Å². The number of hydrogen-bond acceptors (Lipinski definition) is 2. The molecule has 1 N–H and O–H groups in total. The fourth-order valence-corrected chi connectivity index (χ4v) is 3.32. The highest BCUT2D eigenvalue weighted by Gasteiger charge is 2.14. The van der Waals surface area contributed by atoms with E-state index in [0.29, 0.717) is 6.04 Å². The van der Waals surface area contributed by atoms with E-state index in [1.807, 2.05) is 0 Å². The molecule has 1 unspecified atom stereocenters. The Kier molecular flexibility index (Phi) is 5.17. The van der Waals surface area contributed by atoms with Crippen LogP contribution in [0.3, 0.4) is 0 Å². The van der Waals surface area contributed by atoms with Gasteiger partial charge in [-0.2, -0.15) is 11.3 Å². The summed E-state index contributed by atoms with van der Waals surface area (Å²) in [4.78, 5) is 0. The van der Waals surface area contributed by atoms with Gasteiger partial charge in [0.25, 0.3) is 0 Å². The third-order valence-electron chi connectivity index (χ3n) is 3.59. The first-order valence-electron chi connectivity index (χ1n) is 7.08. The third kappa shape index (κ3) is 3.68. The van der Waals surface area contributed by atoms with E-state index < -0.39 is 0 Å². The van der Waals surface area contributed by atoms with E-state index >= 15 is 0 Å². The fraction of sp³-hybridized carbons (Fsp3) is 0.412. The quantitative estimate of drug-likeness (QED) is 0.816. The lowest BCUT2D eigenvalue weighted by molar-refractivity contribution is 0.549. The van der Waals surface area contributed by atoms with E-state index in [1.165, 1.54) is 22.3 Å². The Morgan fingerprint density at radius 2 is 1.74 bits per heavy atom. The maximum atomic E-state index is 3.61. The van der Waals surface area contributed by atoms with Crippen LogP contribution in [0.5, 0.6) is 0 Å². The molecule has 0 aliphatic heterocycles. The average Bonchev–Trinajstić information content (AvgIpc) is 2.85. The summed E-state index contributed by atoms with van der Waals surface area (Å²) in [5.41, 5.74) is 5.68. The smallest absolute Gasteiger partial charge is 0.0371 e. The summed E-state index contributed by atoms with van der Waals surface area (Å²) >= 11 is 1.80. The standard InChI is InChI=1S/C17H23NS/c1-4-14-6-8-15(9-7-14)10-17(18-5-2)16-12-19-11-13(16)3/h6-9,11-12,17-18H,4-5,10H2,1-3H3. The van der Waals surface area contributed by atoms with Gasteiger partial charge in [0.05, 0.1) is 0 Å². The molecule has 0 fully saturated rings. The van der Waals surface area contributed by atoms with E-state index in [2.05, 4.69) is 61.1 Å². The zero-order chi connectivity index (χ0) is 13.7. The first kappa shape index (κ1) is 14.3. The van der Waals surface area contributed by atoms with Crippen LogP contribution >= 0.6 is 11.3 Å². The van der Waals surface area contributed by atoms with Crippen molar-refractivity contribution in [2.45, 2.75) is 39.7 Å². The van der Waals surface area contributed by atoms with Crippen molar-refractivity contribution in [1.29, 1.82) is 0 Å². The molecule has 1 heterocycles. The topological polar surface area (TPSA) is 12.0 Å². The van der Waals surface area contributed by atoms with Gasteiger partial charge >= 0.3 is 0 Å². The van der Waals surface area contributed by atoms with E-state index in [-0.39, 0.29) is 0 Å². The number of hydrogen-bond donors (Lipinski definition) is 1. The molecular weight excluding hydrogens is 250 g/mol. The van der Waals surface area contributed by atoms with Crippen LogP contribution in [0, 0.1) is 6.92 Å². The van der Waals surface area contributed by atoms with Crippen molar-refractivity contribution in [3.05, 3.63) is 57.3 Å². The normalized spacial score (nSPS) is 12.6. The molecule has 1 nitrogen and oxygen atoms in total. The van der Waals surface area contributed by atoms with Gasteiger partial charge in [-0.3, -0.25) is 0 Å². The van der Waals surface area contributed by atoms with Crippen LogP contribution in [0.25, 0.3) is 0 Å². The van der Waals surface area contributed by atoms with Crippen LogP contribution in [0.4, 0.5) is 0 Å². The maximum Gasteiger partial charge on any atom is 0.0371 e. The van der Waals surface area contributed by atoms with Crippen molar-refractivity contribution >= 4 is 11.3 Å². The molecule has 1 aromatic carbocycles. The number of nitrogens with one attached hydrogen (secondary N) is 1. The van der Waals surface area contributed by atoms with Crippen molar-refractivity contribution in [2.24, 2.45) is 0 Å². The number of aryl methyl sites for hydroxylation is 2. The predicted octanol–water partition coefficient (Wildman–Crippen LogP) is 4.51. The van der Waals surface area contributed by atoms with Gasteiger partial charge in [0.2, 0.25) is 0 Å². The summed E-state index contributed by atoms with van der Waals surface area (Å²) in [6.45, 7) is 7.59. The summed E-state index contributed by atoms with van der Waals surface area (Å²) < 4.78 is 0. The van der Waals surface area contributed by atoms with Gasteiger partial charge in [-0.1, -0.05) is 38.1 Å². The highest BCUT2D eigenvalue weighted by atomic mass is 32.1. The van der Waals surface area contributed by atoms with Crippen LogP contribution < -0.4 is 5.32 Å². The number of rotatable bonds is 6. The lowest BCUT2D eigenvalue weighted by atomic mass is 9.97. The Morgan fingerprint density at radius 1 is 1.05 bits per heavy atom. The molecule has 0 spiro atoms. The van der Waals surface area contributed by atoms with Gasteiger partial charge < -0.3 is 5.32 Å². The van der Waals surface area contributed by atoms with Crippen LogP contribution in [-0.2, 0) is 12.8 Å². The molecule has 0 aliphatic rings. The van der Waals surface area contributed by atoms with Gasteiger partial charge in [0.15, 0.2) is 0 Å². The zero-order valence-electron chi connectivity index (χ0n) is 12.1. The summed E-state index contributed by atoms with van der Waals surface area (Å²) in [6, 6.07) is 9.47. The molecule has 0 saturated carbocycles. The van der Waals surface area contributed by atoms with Gasteiger partial charge in [-0.05, 0) is 59.3 Å². The first-order chi connectivity index (χ1) is 9.24. The number of benzene rings is 1. The minimum absolute atomic E-state index is 0.434. The van der Waals surface area contributed by atoms with E-state index in [0.717, 1.165) is 19.4 Å². The van der Waals surface area contributed by atoms with Gasteiger partial charge in [-0.15, -0.1) is 0 Å². The highest BCUT2D eigenvalue weighted by Crippen LogP contribution is 2.25. The monoisotopic (exact) mass is 273 g/mol. The van der Waals surface area contributed by atoms with Crippen LogP contribution in [0.1, 0.15) is 42.1 Å². The lowest BCUT2D eigenvalue weighted by Crippen LogP contribution is -2.23. The molecule has 2 aromatic rings. The SMILES string of the molecule is CCNC(Cc1ccc(CC)cc1)c1cscc1C. The molecule has 0 radical (unpaired) electrons. The molecule has 0 bridgehead atoms. The molecule has 1 aromatic heterocycles. The highest BCUT2D eigenvalue weighted by molar-refractivity contribution is 7.08. The van der Waals surface area contributed by atoms with Gasteiger partial charge in [-0.25, -0.2) is 0 Å². The van der Waals surface area contributed by atoms with Crippen LogP contribution in [0.2, 0.25) is 0 Å². The Balaban J connectivity index is 2.14. The Bertz CT molecular complexity index is 498. The van der Waals surface area contributed by atoms with Crippen molar-refractivity contribution in [1.82, 2.24) is 5.32 Å². The molecule has 2 heteroatoms. The van der Waals surface area contributed by atoms with Gasteiger partial charge in [0, 0.05) is 6.04 Å². The number of likely N-dealkylation sites (N-methyl/N-ethyl adjacent to an activating group) is 1.